The molecule has 5 nitrogen and oxygen atoms in total. The van der Waals surface area contributed by atoms with Gasteiger partial charge in [-0.2, -0.15) is 4.31 Å². The predicted octanol–water partition coefficient (Wildman–Crippen LogP) is 1.62. The fraction of sp³-hybridized carbons (Fsp3) is 0.154. The van der Waals surface area contributed by atoms with Crippen LogP contribution in [0.3, 0.4) is 0 Å². The van der Waals surface area contributed by atoms with Crippen LogP contribution < -0.4 is 5.73 Å². The van der Waals surface area contributed by atoms with Gasteiger partial charge >= 0.3 is 0 Å². The smallest absolute Gasteiger partial charge is 0.246 e. The zero-order valence-corrected chi connectivity index (χ0v) is 11.6. The molecule has 0 unspecified atom stereocenters. The van der Waals surface area contributed by atoms with Gasteiger partial charge in [-0.15, -0.1) is 0 Å². The Bertz CT molecular complexity index is 719. The van der Waals surface area contributed by atoms with Crippen LogP contribution in [-0.2, 0) is 16.6 Å². The highest BCUT2D eigenvalue weighted by Crippen LogP contribution is 2.21. The minimum Gasteiger partial charge on any atom is -0.398 e. The summed E-state index contributed by atoms with van der Waals surface area (Å²) in [5.41, 5.74) is 6.05. The zero-order chi connectivity index (χ0) is 14.8. The molecule has 2 rings (SSSR count). The summed E-state index contributed by atoms with van der Waals surface area (Å²) in [5.74, 6) is -0.450. The Labute approximate surface area is 116 Å². The van der Waals surface area contributed by atoms with E-state index in [-0.39, 0.29) is 17.1 Å². The number of halogens is 1. The third-order valence-electron chi connectivity index (χ3n) is 2.86. The van der Waals surface area contributed by atoms with E-state index < -0.39 is 15.8 Å². The third-order valence-corrected chi connectivity index (χ3v) is 4.70. The van der Waals surface area contributed by atoms with Gasteiger partial charge in [-0.25, -0.2) is 12.8 Å². The standard InChI is InChI=1S/C13H14FN3O2S/c1-17(9-10-4-2-3-5-11(10)14)20(18,19)13-8-16-7-6-12(13)15/h2-8H,9H2,1H3,(H2,15,16). The first-order valence-corrected chi connectivity index (χ1v) is 7.26. The molecular weight excluding hydrogens is 281 g/mol. The minimum atomic E-state index is -3.81. The van der Waals surface area contributed by atoms with Crippen LogP contribution in [0.1, 0.15) is 5.56 Å². The number of rotatable bonds is 4. The van der Waals surface area contributed by atoms with Crippen LogP contribution in [-0.4, -0.2) is 24.8 Å². The molecule has 1 aromatic heterocycles. The van der Waals surface area contributed by atoms with Crippen molar-refractivity contribution in [1.29, 1.82) is 0 Å². The summed E-state index contributed by atoms with van der Waals surface area (Å²) in [7, 11) is -2.44. The topological polar surface area (TPSA) is 76.3 Å². The largest absolute Gasteiger partial charge is 0.398 e. The number of nitrogens with zero attached hydrogens (tertiary/aromatic N) is 2. The Morgan fingerprint density at radius 1 is 1.30 bits per heavy atom. The highest BCUT2D eigenvalue weighted by Gasteiger charge is 2.24. The number of sulfonamides is 1. The van der Waals surface area contributed by atoms with Crippen molar-refractivity contribution in [1.82, 2.24) is 9.29 Å². The molecule has 0 fully saturated rings. The van der Waals surface area contributed by atoms with E-state index in [1.54, 1.807) is 12.1 Å². The van der Waals surface area contributed by atoms with E-state index >= 15 is 0 Å². The minimum absolute atomic E-state index is 0.0800. The summed E-state index contributed by atoms with van der Waals surface area (Å²) in [5, 5.41) is 0. The van der Waals surface area contributed by atoms with Crippen LogP contribution in [0.5, 0.6) is 0 Å². The maximum Gasteiger partial charge on any atom is 0.246 e. The molecule has 106 valence electrons. The predicted molar refractivity (Wildman–Crippen MR) is 73.7 cm³/mol. The summed E-state index contributed by atoms with van der Waals surface area (Å²) < 4.78 is 39.3. The van der Waals surface area contributed by atoms with E-state index in [9.17, 15) is 12.8 Å². The maximum absolute atomic E-state index is 13.6. The molecule has 0 aliphatic carbocycles. The van der Waals surface area contributed by atoms with Crippen LogP contribution in [0.4, 0.5) is 10.1 Å². The summed E-state index contributed by atoms with van der Waals surface area (Å²) in [6.45, 7) is -0.0800. The van der Waals surface area contributed by atoms with Gasteiger partial charge in [0.15, 0.2) is 0 Å². The number of hydrogen-bond donors (Lipinski definition) is 1. The Kier molecular flexibility index (Phi) is 4.01. The van der Waals surface area contributed by atoms with Crippen molar-refractivity contribution in [3.05, 3.63) is 54.1 Å². The molecular formula is C13H14FN3O2S. The first-order chi connectivity index (χ1) is 9.43. The van der Waals surface area contributed by atoms with Crippen LogP contribution in [0.25, 0.3) is 0 Å². The summed E-state index contributed by atoms with van der Waals surface area (Å²) in [6, 6.07) is 7.43. The number of anilines is 1. The van der Waals surface area contributed by atoms with E-state index in [0.29, 0.717) is 5.56 Å². The highest BCUT2D eigenvalue weighted by atomic mass is 32.2. The van der Waals surface area contributed by atoms with Gasteiger partial charge in [0.1, 0.15) is 10.7 Å². The SMILES string of the molecule is CN(Cc1ccccc1F)S(=O)(=O)c1cnccc1N. The molecule has 0 amide bonds. The normalized spacial score (nSPS) is 11.8. The second-order valence-electron chi connectivity index (χ2n) is 4.27. The number of nitrogen functional groups attached to an aromatic ring is 1. The molecule has 0 spiro atoms. The van der Waals surface area contributed by atoms with Gasteiger partial charge in [0, 0.05) is 31.5 Å². The van der Waals surface area contributed by atoms with E-state index in [1.807, 2.05) is 0 Å². The first kappa shape index (κ1) is 14.4. The molecule has 0 saturated carbocycles. The highest BCUT2D eigenvalue weighted by molar-refractivity contribution is 7.89. The molecule has 0 bridgehead atoms. The molecule has 1 aromatic carbocycles. The lowest BCUT2D eigenvalue weighted by molar-refractivity contribution is 0.456. The maximum atomic E-state index is 13.6. The average Bonchev–Trinajstić information content (AvgIpc) is 2.41. The van der Waals surface area contributed by atoms with Crippen LogP contribution in [0, 0.1) is 5.82 Å². The molecule has 1 heterocycles. The summed E-state index contributed by atoms with van der Waals surface area (Å²) >= 11 is 0. The fourth-order valence-corrected chi connectivity index (χ4v) is 2.93. The van der Waals surface area contributed by atoms with E-state index in [1.165, 1.54) is 37.6 Å². The molecule has 0 radical (unpaired) electrons. The van der Waals surface area contributed by atoms with E-state index in [0.717, 1.165) is 4.31 Å². The molecule has 0 aliphatic rings. The van der Waals surface area contributed by atoms with Crippen molar-refractivity contribution in [2.45, 2.75) is 11.4 Å². The van der Waals surface area contributed by atoms with Crippen molar-refractivity contribution < 1.29 is 12.8 Å². The quantitative estimate of drug-likeness (QED) is 0.930. The van der Waals surface area contributed by atoms with Gasteiger partial charge < -0.3 is 5.73 Å². The van der Waals surface area contributed by atoms with Crippen molar-refractivity contribution in [3.63, 3.8) is 0 Å². The molecule has 7 heteroatoms. The second-order valence-corrected chi connectivity index (χ2v) is 6.28. The Hall–Kier alpha value is -1.99. The second kappa shape index (κ2) is 5.56. The van der Waals surface area contributed by atoms with Gasteiger partial charge in [0.05, 0.1) is 5.69 Å². The van der Waals surface area contributed by atoms with Gasteiger partial charge in [-0.1, -0.05) is 18.2 Å². The lowest BCUT2D eigenvalue weighted by atomic mass is 10.2. The lowest BCUT2D eigenvalue weighted by Gasteiger charge is -2.18. The number of benzene rings is 1. The van der Waals surface area contributed by atoms with Crippen molar-refractivity contribution >= 4 is 15.7 Å². The fourth-order valence-electron chi connectivity index (χ4n) is 1.73. The average molecular weight is 295 g/mol. The Morgan fingerprint density at radius 3 is 2.65 bits per heavy atom. The molecule has 0 atom stereocenters. The number of aromatic nitrogens is 1. The number of nitrogens with two attached hydrogens (primary N) is 1. The molecule has 20 heavy (non-hydrogen) atoms. The van der Waals surface area contributed by atoms with Crippen LogP contribution >= 0.6 is 0 Å². The van der Waals surface area contributed by atoms with Crippen LogP contribution in [0.2, 0.25) is 0 Å². The van der Waals surface area contributed by atoms with Crippen molar-refractivity contribution in [2.24, 2.45) is 0 Å². The van der Waals surface area contributed by atoms with E-state index in [2.05, 4.69) is 4.98 Å². The number of pyridine rings is 1. The van der Waals surface area contributed by atoms with Gasteiger partial charge in [-0.05, 0) is 12.1 Å². The van der Waals surface area contributed by atoms with Gasteiger partial charge in [0.25, 0.3) is 0 Å². The summed E-state index contributed by atoms with van der Waals surface area (Å²) in [4.78, 5) is 3.67. The lowest BCUT2D eigenvalue weighted by Crippen LogP contribution is -2.27. The molecule has 0 saturated heterocycles. The Morgan fingerprint density at radius 2 is 2.00 bits per heavy atom. The van der Waals surface area contributed by atoms with Gasteiger partial charge in [-0.3, -0.25) is 4.98 Å². The zero-order valence-electron chi connectivity index (χ0n) is 10.8. The first-order valence-electron chi connectivity index (χ1n) is 5.82. The molecule has 0 aliphatic heterocycles. The molecule has 2 aromatic rings. The third kappa shape index (κ3) is 2.78. The van der Waals surface area contributed by atoms with Crippen molar-refractivity contribution in [3.8, 4) is 0 Å². The number of hydrogen-bond acceptors (Lipinski definition) is 4. The van der Waals surface area contributed by atoms with E-state index in [4.69, 9.17) is 5.73 Å². The van der Waals surface area contributed by atoms with Gasteiger partial charge in [0.2, 0.25) is 10.0 Å². The monoisotopic (exact) mass is 295 g/mol. The molecule has 2 N–H and O–H groups in total. The van der Waals surface area contributed by atoms with Crippen molar-refractivity contribution in [2.75, 3.05) is 12.8 Å². The summed E-state index contributed by atoms with van der Waals surface area (Å²) in [6.07, 6.45) is 2.59. The van der Waals surface area contributed by atoms with Crippen LogP contribution in [0.15, 0.2) is 47.6 Å². The Balaban J connectivity index is 2.31.